The van der Waals surface area contributed by atoms with Crippen LogP contribution in [-0.4, -0.2) is 0 Å². The third-order valence-electron chi connectivity index (χ3n) is 0.914. The van der Waals surface area contributed by atoms with Crippen LogP contribution in [0.4, 0.5) is 0 Å². The Hall–Kier alpha value is -1.50. The van der Waals surface area contributed by atoms with Crippen molar-refractivity contribution in [3.63, 3.8) is 0 Å². The number of nitrogens with two attached hydrogens (primary N) is 1. The van der Waals surface area contributed by atoms with Crippen molar-refractivity contribution in [2.75, 3.05) is 0 Å². The lowest BCUT2D eigenvalue weighted by Crippen LogP contribution is -1.71. The van der Waals surface area contributed by atoms with Crippen LogP contribution in [-0.2, 0) is 0 Å². The van der Waals surface area contributed by atoms with Gasteiger partial charge in [0.2, 0.25) is 0 Å². The van der Waals surface area contributed by atoms with Gasteiger partial charge < -0.3 is 5.73 Å². The Kier molecular flexibility index (Phi) is 7.34. The van der Waals surface area contributed by atoms with E-state index in [2.05, 4.69) is 6.58 Å². The smallest absolute Gasteiger partial charge is 0.00624 e. The average molecular weight is 147 g/mol. The normalized spacial score (nSPS) is 12.7. The lowest BCUT2D eigenvalue weighted by molar-refractivity contribution is 1.60. The first kappa shape index (κ1) is 9.50. The van der Waals surface area contributed by atoms with Crippen molar-refractivity contribution < 1.29 is 0 Å². The van der Waals surface area contributed by atoms with E-state index < -0.39 is 0 Å². The molecule has 0 unspecified atom stereocenters. The van der Waals surface area contributed by atoms with Crippen LogP contribution < -0.4 is 5.73 Å². The molecule has 0 radical (unpaired) electrons. The quantitative estimate of drug-likeness (QED) is 0.607. The van der Waals surface area contributed by atoms with Gasteiger partial charge in [-0.25, -0.2) is 0 Å². The number of hydrogen-bond donors (Lipinski definition) is 1. The highest BCUT2D eigenvalue weighted by molar-refractivity contribution is 5.16. The first-order valence-electron chi connectivity index (χ1n) is 3.41. The summed E-state index contributed by atoms with van der Waals surface area (Å²) in [6.45, 7) is 3.54. The van der Waals surface area contributed by atoms with Crippen LogP contribution in [0.25, 0.3) is 0 Å². The number of hydrogen-bond acceptors (Lipinski definition) is 1. The summed E-state index contributed by atoms with van der Waals surface area (Å²) in [5.41, 5.74) is 5.11. The number of allylic oxidation sites excluding steroid dienone is 8. The minimum atomic E-state index is 1.49. The zero-order valence-electron chi connectivity index (χ0n) is 6.48. The summed E-state index contributed by atoms with van der Waals surface area (Å²) in [6.07, 6.45) is 16.4. The molecule has 0 aromatic carbocycles. The Labute approximate surface area is 67.9 Å². The fourth-order valence-corrected chi connectivity index (χ4v) is 0.463. The van der Waals surface area contributed by atoms with Crippen LogP contribution in [0.15, 0.2) is 61.4 Å². The maximum absolute atomic E-state index is 5.11. The topological polar surface area (TPSA) is 26.0 Å². The molecule has 0 aliphatic rings. The molecule has 0 fully saturated rings. The Morgan fingerprint density at radius 3 is 1.64 bits per heavy atom. The van der Waals surface area contributed by atoms with Crippen molar-refractivity contribution >= 4 is 0 Å². The van der Waals surface area contributed by atoms with Gasteiger partial charge >= 0.3 is 0 Å². The number of rotatable bonds is 4. The van der Waals surface area contributed by atoms with Gasteiger partial charge in [0.05, 0.1) is 0 Å². The van der Waals surface area contributed by atoms with Crippen molar-refractivity contribution in [1.29, 1.82) is 0 Å². The van der Waals surface area contributed by atoms with Crippen LogP contribution in [0.3, 0.4) is 0 Å². The van der Waals surface area contributed by atoms with Crippen LogP contribution in [0.2, 0.25) is 0 Å². The molecule has 0 bridgehead atoms. The summed E-state index contributed by atoms with van der Waals surface area (Å²) in [7, 11) is 0. The van der Waals surface area contributed by atoms with Gasteiger partial charge in [-0.05, 0) is 12.3 Å². The maximum Gasteiger partial charge on any atom is -0.00624 e. The molecule has 0 atom stereocenters. The van der Waals surface area contributed by atoms with E-state index in [1.807, 2.05) is 36.5 Å². The Morgan fingerprint density at radius 1 is 0.727 bits per heavy atom. The highest BCUT2D eigenvalue weighted by atomic mass is 14.5. The zero-order valence-corrected chi connectivity index (χ0v) is 6.48. The molecule has 2 N–H and O–H groups in total. The molecular formula is C10H13N. The average Bonchev–Trinajstić information content (AvgIpc) is 2.03. The lowest BCUT2D eigenvalue weighted by Gasteiger charge is -1.72. The maximum atomic E-state index is 5.11. The highest BCUT2D eigenvalue weighted by Gasteiger charge is 1.59. The minimum absolute atomic E-state index is 1.49. The van der Waals surface area contributed by atoms with E-state index in [9.17, 15) is 0 Å². The second-order valence-electron chi connectivity index (χ2n) is 1.78. The standard InChI is InChI=1S/C10H13N/c1-2-3-4-5-6-7-8-9-10-11/h2-10H,1,11H2/b4-3+,6-5+,8-7+,10-9+. The largest absolute Gasteiger partial charge is 0.405 e. The third-order valence-corrected chi connectivity index (χ3v) is 0.914. The van der Waals surface area contributed by atoms with Crippen LogP contribution in [0.5, 0.6) is 0 Å². The minimum Gasteiger partial charge on any atom is -0.405 e. The van der Waals surface area contributed by atoms with Crippen LogP contribution in [0, 0.1) is 0 Å². The van der Waals surface area contributed by atoms with E-state index in [1.54, 1.807) is 12.2 Å². The van der Waals surface area contributed by atoms with Gasteiger partial charge in [0.1, 0.15) is 0 Å². The van der Waals surface area contributed by atoms with E-state index in [0.717, 1.165) is 0 Å². The molecule has 0 aliphatic carbocycles. The van der Waals surface area contributed by atoms with E-state index in [0.29, 0.717) is 0 Å². The Balaban J connectivity index is 3.59. The van der Waals surface area contributed by atoms with Gasteiger partial charge in [-0.2, -0.15) is 0 Å². The SMILES string of the molecule is C=C/C=C/C=C/C=C/C=C/N. The Bertz CT molecular complexity index is 195. The molecule has 1 heteroatoms. The second-order valence-corrected chi connectivity index (χ2v) is 1.78. The van der Waals surface area contributed by atoms with Crippen LogP contribution >= 0.6 is 0 Å². The zero-order chi connectivity index (χ0) is 8.36. The lowest BCUT2D eigenvalue weighted by atomic mass is 10.4. The molecule has 58 valence electrons. The van der Waals surface area contributed by atoms with E-state index in [4.69, 9.17) is 5.73 Å². The summed E-state index contributed by atoms with van der Waals surface area (Å²) < 4.78 is 0. The highest BCUT2D eigenvalue weighted by Crippen LogP contribution is 1.80. The van der Waals surface area contributed by atoms with Gasteiger partial charge in [-0.1, -0.05) is 49.1 Å². The molecule has 1 nitrogen and oxygen atoms in total. The monoisotopic (exact) mass is 147 g/mol. The van der Waals surface area contributed by atoms with E-state index in [1.165, 1.54) is 6.20 Å². The summed E-state index contributed by atoms with van der Waals surface area (Å²) in [5.74, 6) is 0. The molecule has 0 heterocycles. The summed E-state index contributed by atoms with van der Waals surface area (Å²) >= 11 is 0. The van der Waals surface area contributed by atoms with Gasteiger partial charge in [-0.3, -0.25) is 0 Å². The molecule has 11 heavy (non-hydrogen) atoms. The van der Waals surface area contributed by atoms with Crippen molar-refractivity contribution in [1.82, 2.24) is 0 Å². The molecule has 0 saturated heterocycles. The molecule has 0 aromatic heterocycles. The molecule has 0 saturated carbocycles. The van der Waals surface area contributed by atoms with Gasteiger partial charge in [0.25, 0.3) is 0 Å². The molecule has 0 aromatic rings. The van der Waals surface area contributed by atoms with Gasteiger partial charge in [-0.15, -0.1) is 0 Å². The fraction of sp³-hybridized carbons (Fsp3) is 0. The second kappa shape index (κ2) is 8.50. The van der Waals surface area contributed by atoms with Crippen molar-refractivity contribution in [3.05, 3.63) is 61.4 Å². The van der Waals surface area contributed by atoms with Gasteiger partial charge in [0.15, 0.2) is 0 Å². The molecule has 0 spiro atoms. The summed E-state index contributed by atoms with van der Waals surface area (Å²) in [6, 6.07) is 0. The Morgan fingerprint density at radius 2 is 1.18 bits per heavy atom. The predicted molar refractivity (Wildman–Crippen MR) is 50.9 cm³/mol. The predicted octanol–water partition coefficient (Wildman–Crippen LogP) is 2.31. The summed E-state index contributed by atoms with van der Waals surface area (Å²) in [4.78, 5) is 0. The first-order chi connectivity index (χ1) is 5.41. The van der Waals surface area contributed by atoms with E-state index >= 15 is 0 Å². The first-order valence-corrected chi connectivity index (χ1v) is 3.41. The van der Waals surface area contributed by atoms with Crippen LogP contribution in [0.1, 0.15) is 0 Å². The van der Waals surface area contributed by atoms with E-state index in [-0.39, 0.29) is 0 Å². The van der Waals surface area contributed by atoms with Gasteiger partial charge in [0, 0.05) is 0 Å². The van der Waals surface area contributed by atoms with Crippen molar-refractivity contribution in [2.24, 2.45) is 5.73 Å². The molecular weight excluding hydrogens is 134 g/mol. The van der Waals surface area contributed by atoms with Crippen molar-refractivity contribution in [3.8, 4) is 0 Å². The van der Waals surface area contributed by atoms with Crippen molar-refractivity contribution in [2.45, 2.75) is 0 Å². The molecule has 0 amide bonds. The third kappa shape index (κ3) is 8.50. The molecule has 0 rings (SSSR count). The summed E-state index contributed by atoms with van der Waals surface area (Å²) in [5, 5.41) is 0. The molecule has 0 aliphatic heterocycles. The fourth-order valence-electron chi connectivity index (χ4n) is 0.463.